The minimum absolute atomic E-state index is 0.250. The first-order valence-corrected chi connectivity index (χ1v) is 20.7. The zero-order valence-corrected chi connectivity index (χ0v) is 31.3. The molecule has 0 aliphatic carbocycles. The lowest BCUT2D eigenvalue weighted by Crippen LogP contribution is -2.50. The standard InChI is InChI=1S/C40H71NO6S/c1-3-5-7-9-11-13-15-17-19-20-21-23-24-26-28-30-32-34-38(42)37(36-48(45,46)47)41-40(44)39(43)35-33-31-29-27-25-22-18-16-14-12-10-8-6-4-2/h12,14,16,18-20,24,26,32,34,37-39,42-43H,3-11,13,15,17,21-23,25,27-31,33,35-36H2,1-2H3,(H,41,44)(H,45,46,47)/b14-12-,18-16-,20-19+,26-24+,34-32+. The van der Waals surface area contributed by atoms with Crippen molar-refractivity contribution in [2.45, 2.75) is 180 Å². The molecule has 0 saturated carbocycles. The van der Waals surface area contributed by atoms with Crippen molar-refractivity contribution in [3.63, 3.8) is 0 Å². The van der Waals surface area contributed by atoms with Crippen molar-refractivity contribution >= 4 is 16.0 Å². The summed E-state index contributed by atoms with van der Waals surface area (Å²) in [5, 5.41) is 23.3. The number of aliphatic hydroxyl groups excluding tert-OH is 2. The summed E-state index contributed by atoms with van der Waals surface area (Å²) in [4.78, 5) is 12.5. The van der Waals surface area contributed by atoms with Crippen molar-refractivity contribution < 1.29 is 28.0 Å². The number of carbonyl (C=O) groups excluding carboxylic acids is 1. The van der Waals surface area contributed by atoms with Crippen LogP contribution in [0.15, 0.2) is 60.8 Å². The fourth-order valence-corrected chi connectivity index (χ4v) is 6.03. The number of hydrogen-bond acceptors (Lipinski definition) is 5. The van der Waals surface area contributed by atoms with Gasteiger partial charge in [-0.05, 0) is 70.6 Å². The molecule has 0 rings (SSSR count). The van der Waals surface area contributed by atoms with E-state index in [9.17, 15) is 28.0 Å². The number of carbonyl (C=O) groups is 1. The van der Waals surface area contributed by atoms with E-state index in [4.69, 9.17) is 0 Å². The van der Waals surface area contributed by atoms with E-state index in [1.165, 1.54) is 70.3 Å². The average molecular weight is 694 g/mol. The van der Waals surface area contributed by atoms with Crippen LogP contribution in [0.5, 0.6) is 0 Å². The molecule has 48 heavy (non-hydrogen) atoms. The largest absolute Gasteiger partial charge is 0.387 e. The summed E-state index contributed by atoms with van der Waals surface area (Å²) in [5.74, 6) is -1.59. The van der Waals surface area contributed by atoms with Gasteiger partial charge in [0.1, 0.15) is 6.10 Å². The molecule has 4 N–H and O–H groups in total. The van der Waals surface area contributed by atoms with E-state index < -0.39 is 40.0 Å². The van der Waals surface area contributed by atoms with E-state index in [0.29, 0.717) is 12.8 Å². The highest BCUT2D eigenvalue weighted by atomic mass is 32.2. The number of rotatable bonds is 33. The Kier molecular flexibility index (Phi) is 32.1. The predicted molar refractivity (Wildman–Crippen MR) is 204 cm³/mol. The molecule has 3 unspecified atom stereocenters. The zero-order valence-electron chi connectivity index (χ0n) is 30.5. The normalized spacial score (nSPS) is 14.7. The lowest BCUT2D eigenvalue weighted by atomic mass is 10.1. The van der Waals surface area contributed by atoms with Gasteiger partial charge in [0.2, 0.25) is 5.91 Å². The summed E-state index contributed by atoms with van der Waals surface area (Å²) in [5.41, 5.74) is 0. The average Bonchev–Trinajstić information content (AvgIpc) is 3.05. The summed E-state index contributed by atoms with van der Waals surface area (Å²) in [6.45, 7) is 4.45. The molecule has 1 amide bonds. The van der Waals surface area contributed by atoms with Crippen molar-refractivity contribution in [1.82, 2.24) is 5.32 Å². The predicted octanol–water partition coefficient (Wildman–Crippen LogP) is 9.87. The molecule has 0 bridgehead atoms. The van der Waals surface area contributed by atoms with E-state index in [1.54, 1.807) is 6.08 Å². The molecule has 8 heteroatoms. The van der Waals surface area contributed by atoms with Gasteiger partial charge in [-0.25, -0.2) is 0 Å². The molecule has 0 aromatic heterocycles. The molecule has 0 fully saturated rings. The Morgan fingerprint density at radius 2 is 1.00 bits per heavy atom. The monoisotopic (exact) mass is 694 g/mol. The van der Waals surface area contributed by atoms with Crippen LogP contribution in [0.1, 0.15) is 162 Å². The molecule has 0 aliphatic heterocycles. The fraction of sp³-hybridized carbons (Fsp3) is 0.725. The summed E-state index contributed by atoms with van der Waals surface area (Å²) >= 11 is 0. The second-order valence-electron chi connectivity index (χ2n) is 13.0. The maximum atomic E-state index is 12.5. The van der Waals surface area contributed by atoms with Gasteiger partial charge < -0.3 is 15.5 Å². The topological polar surface area (TPSA) is 124 Å². The molecule has 3 atom stereocenters. The van der Waals surface area contributed by atoms with Gasteiger partial charge in [-0.1, -0.05) is 152 Å². The van der Waals surface area contributed by atoms with E-state index in [2.05, 4.69) is 67.8 Å². The summed E-state index contributed by atoms with van der Waals surface area (Å²) in [6.07, 6.45) is 42.7. The first kappa shape index (κ1) is 46.0. The first-order chi connectivity index (χ1) is 23.2. The minimum Gasteiger partial charge on any atom is -0.387 e. The second-order valence-corrected chi connectivity index (χ2v) is 14.5. The van der Waals surface area contributed by atoms with Gasteiger partial charge in [0, 0.05) is 0 Å². The van der Waals surface area contributed by atoms with Crippen molar-refractivity contribution in [2.75, 3.05) is 5.75 Å². The van der Waals surface area contributed by atoms with Gasteiger partial charge in [-0.3, -0.25) is 9.35 Å². The Bertz CT molecular complexity index is 1000. The Morgan fingerprint density at radius 1 is 0.583 bits per heavy atom. The SMILES string of the molecule is CCCCC/C=C\C=C/CCCCCCCC(O)C(=O)NC(CS(=O)(=O)O)C(O)/C=C/CC/C=C/CC/C=C/CCCCCCCCC. The van der Waals surface area contributed by atoms with Crippen molar-refractivity contribution in [3.05, 3.63) is 60.8 Å². The third-order valence-electron chi connectivity index (χ3n) is 8.28. The number of aliphatic hydroxyl groups is 2. The third kappa shape index (κ3) is 32.5. The van der Waals surface area contributed by atoms with Crippen LogP contribution in [0.2, 0.25) is 0 Å². The van der Waals surface area contributed by atoms with E-state index in [0.717, 1.165) is 64.2 Å². The van der Waals surface area contributed by atoms with E-state index in [-0.39, 0.29) is 6.42 Å². The molecular weight excluding hydrogens is 623 g/mol. The van der Waals surface area contributed by atoms with Crippen molar-refractivity contribution in [2.24, 2.45) is 0 Å². The molecule has 0 radical (unpaired) electrons. The van der Waals surface area contributed by atoms with Crippen LogP contribution >= 0.6 is 0 Å². The lowest BCUT2D eigenvalue weighted by Gasteiger charge is -2.22. The van der Waals surface area contributed by atoms with Gasteiger partial charge in [0.05, 0.1) is 17.9 Å². The summed E-state index contributed by atoms with van der Waals surface area (Å²) in [6, 6.07) is -1.26. The molecule has 0 saturated heterocycles. The van der Waals surface area contributed by atoms with Crippen LogP contribution in [0.4, 0.5) is 0 Å². The van der Waals surface area contributed by atoms with E-state index >= 15 is 0 Å². The fourth-order valence-electron chi connectivity index (χ4n) is 5.30. The van der Waals surface area contributed by atoms with Crippen molar-refractivity contribution in [3.8, 4) is 0 Å². The minimum atomic E-state index is -4.46. The van der Waals surface area contributed by atoms with Gasteiger partial charge in [-0.2, -0.15) is 8.42 Å². The molecular formula is C40H71NO6S. The molecule has 0 aromatic carbocycles. The molecule has 0 aliphatic rings. The van der Waals surface area contributed by atoms with Gasteiger partial charge in [0.15, 0.2) is 0 Å². The highest BCUT2D eigenvalue weighted by Crippen LogP contribution is 2.12. The highest BCUT2D eigenvalue weighted by molar-refractivity contribution is 7.85. The Labute approximate surface area is 294 Å². The van der Waals surface area contributed by atoms with Crippen molar-refractivity contribution in [1.29, 1.82) is 0 Å². The van der Waals surface area contributed by atoms with Crippen LogP contribution in [0, 0.1) is 0 Å². The number of unbranched alkanes of at least 4 members (excludes halogenated alkanes) is 17. The number of hydrogen-bond donors (Lipinski definition) is 4. The summed E-state index contributed by atoms with van der Waals surface area (Å²) in [7, 11) is -4.46. The lowest BCUT2D eigenvalue weighted by molar-refractivity contribution is -0.130. The van der Waals surface area contributed by atoms with Gasteiger partial charge in [-0.15, -0.1) is 0 Å². The van der Waals surface area contributed by atoms with E-state index in [1.807, 2.05) is 0 Å². The van der Waals surface area contributed by atoms with Crippen LogP contribution < -0.4 is 5.32 Å². The number of nitrogens with one attached hydrogen (secondary N) is 1. The molecule has 7 nitrogen and oxygen atoms in total. The van der Waals surface area contributed by atoms with Crippen LogP contribution in [-0.2, 0) is 14.9 Å². The molecule has 0 aromatic rings. The smallest absolute Gasteiger partial charge is 0.267 e. The maximum absolute atomic E-state index is 12.5. The number of amides is 1. The first-order valence-electron chi connectivity index (χ1n) is 19.1. The third-order valence-corrected chi connectivity index (χ3v) is 9.06. The number of allylic oxidation sites excluding steroid dienone is 9. The second kappa shape index (κ2) is 33.5. The Balaban J connectivity index is 4.23. The maximum Gasteiger partial charge on any atom is 0.267 e. The Morgan fingerprint density at radius 3 is 1.54 bits per heavy atom. The van der Waals surface area contributed by atoms with Crippen LogP contribution in [-0.4, -0.2) is 53.1 Å². The summed E-state index contributed by atoms with van der Waals surface area (Å²) < 4.78 is 32.4. The highest BCUT2D eigenvalue weighted by Gasteiger charge is 2.27. The molecule has 278 valence electrons. The molecule has 0 spiro atoms. The van der Waals surface area contributed by atoms with Gasteiger partial charge in [0.25, 0.3) is 10.1 Å². The van der Waals surface area contributed by atoms with Crippen LogP contribution in [0.25, 0.3) is 0 Å². The quantitative estimate of drug-likeness (QED) is 0.0235. The Hall–Kier alpha value is -2.00. The van der Waals surface area contributed by atoms with Gasteiger partial charge >= 0.3 is 0 Å². The van der Waals surface area contributed by atoms with Crippen LogP contribution in [0.3, 0.4) is 0 Å². The molecule has 0 heterocycles. The zero-order chi connectivity index (χ0) is 35.6.